The number of carboxylic acid groups (broad SMARTS) is 1. The maximum Gasteiger partial charge on any atom is 0.314 e. The van der Waals surface area contributed by atoms with Gasteiger partial charge in [0.15, 0.2) is 0 Å². The van der Waals surface area contributed by atoms with E-state index in [0.29, 0.717) is 6.42 Å². The molecule has 0 aliphatic rings. The van der Waals surface area contributed by atoms with Crippen molar-refractivity contribution in [3.8, 4) is 0 Å². The highest BCUT2D eigenvalue weighted by Crippen LogP contribution is 2.29. The van der Waals surface area contributed by atoms with E-state index in [2.05, 4.69) is 10.6 Å². The molecular formula is C15H18N2O4S. The lowest BCUT2D eigenvalue weighted by Gasteiger charge is -2.11. The number of aliphatic carboxylic acids is 1. The Morgan fingerprint density at radius 3 is 2.73 bits per heavy atom. The average molecular weight is 322 g/mol. The van der Waals surface area contributed by atoms with Crippen molar-refractivity contribution in [1.82, 2.24) is 10.6 Å². The molecule has 0 saturated heterocycles. The Morgan fingerprint density at radius 2 is 2.00 bits per heavy atom. The lowest BCUT2D eigenvalue weighted by Crippen LogP contribution is -2.38. The summed E-state index contributed by atoms with van der Waals surface area (Å²) in [7, 11) is 0. The second kappa shape index (κ2) is 7.77. The summed E-state index contributed by atoms with van der Waals surface area (Å²) in [5.41, 5.74) is 0. The molecule has 1 aromatic heterocycles. The van der Waals surface area contributed by atoms with Crippen LogP contribution < -0.4 is 10.6 Å². The van der Waals surface area contributed by atoms with Crippen LogP contribution in [0.1, 0.15) is 23.8 Å². The van der Waals surface area contributed by atoms with Gasteiger partial charge in [-0.05, 0) is 23.9 Å². The zero-order valence-corrected chi connectivity index (χ0v) is 12.7. The maximum absolute atomic E-state index is 11.5. The van der Waals surface area contributed by atoms with Crippen molar-refractivity contribution in [2.24, 2.45) is 0 Å². The third-order valence-electron chi connectivity index (χ3n) is 3.08. The number of aliphatic hydroxyl groups is 1. The summed E-state index contributed by atoms with van der Waals surface area (Å²) in [5, 5.41) is 24.8. The summed E-state index contributed by atoms with van der Waals surface area (Å²) in [5.74, 6) is -0.887. The Balaban J connectivity index is 1.76. The molecule has 7 heteroatoms. The van der Waals surface area contributed by atoms with Crippen molar-refractivity contribution in [2.75, 3.05) is 13.1 Å². The number of carbonyl (C=O) groups is 2. The fourth-order valence-corrected chi connectivity index (χ4v) is 3.01. The first kappa shape index (κ1) is 16.3. The van der Waals surface area contributed by atoms with Gasteiger partial charge in [0.05, 0.1) is 6.54 Å². The first-order valence-corrected chi connectivity index (χ1v) is 7.78. The molecule has 0 spiro atoms. The van der Waals surface area contributed by atoms with Gasteiger partial charge in [-0.2, -0.15) is 0 Å². The van der Waals surface area contributed by atoms with Gasteiger partial charge in [-0.1, -0.05) is 18.2 Å². The van der Waals surface area contributed by atoms with Crippen molar-refractivity contribution < 1.29 is 19.8 Å². The Hall–Kier alpha value is -2.12. The number of carboxylic acids is 1. The molecule has 1 aromatic carbocycles. The predicted molar refractivity (Wildman–Crippen MR) is 85.1 cm³/mol. The van der Waals surface area contributed by atoms with E-state index in [9.17, 15) is 14.7 Å². The highest BCUT2D eigenvalue weighted by Gasteiger charge is 2.12. The lowest BCUT2D eigenvalue weighted by molar-refractivity contribution is -0.137. The fraction of sp³-hybridized carbons (Fsp3) is 0.333. The van der Waals surface area contributed by atoms with Gasteiger partial charge in [0.2, 0.25) is 0 Å². The molecule has 6 nitrogen and oxygen atoms in total. The number of fused-ring (bicyclic) bond motifs is 1. The molecule has 4 N–H and O–H groups in total. The molecule has 0 radical (unpaired) electrons. The van der Waals surface area contributed by atoms with E-state index in [1.807, 2.05) is 30.3 Å². The van der Waals surface area contributed by atoms with Crippen LogP contribution in [0, 0.1) is 0 Å². The minimum absolute atomic E-state index is 0.0185. The summed E-state index contributed by atoms with van der Waals surface area (Å²) in [4.78, 5) is 22.6. The zero-order chi connectivity index (χ0) is 15.9. The largest absolute Gasteiger partial charge is 0.481 e. The Morgan fingerprint density at radius 1 is 1.23 bits per heavy atom. The maximum atomic E-state index is 11.5. The molecular weight excluding hydrogens is 304 g/mol. The topological polar surface area (TPSA) is 98.7 Å². The number of aliphatic hydroxyl groups excluding tert-OH is 1. The normalized spacial score (nSPS) is 12.0. The molecule has 22 heavy (non-hydrogen) atoms. The summed E-state index contributed by atoms with van der Waals surface area (Å²) >= 11 is 1.49. The molecule has 0 bridgehead atoms. The van der Waals surface area contributed by atoms with Crippen LogP contribution in [0.5, 0.6) is 0 Å². The quantitative estimate of drug-likeness (QED) is 0.587. The van der Waals surface area contributed by atoms with Gasteiger partial charge in [-0.15, -0.1) is 11.3 Å². The van der Waals surface area contributed by atoms with Gasteiger partial charge in [0.1, 0.15) is 6.10 Å². The van der Waals surface area contributed by atoms with Gasteiger partial charge >= 0.3 is 12.0 Å². The van der Waals surface area contributed by atoms with E-state index in [1.165, 1.54) is 11.3 Å². The number of benzene rings is 1. The molecule has 0 fully saturated rings. The van der Waals surface area contributed by atoms with Crippen LogP contribution in [0.2, 0.25) is 0 Å². The minimum atomic E-state index is -0.887. The molecule has 1 unspecified atom stereocenters. The van der Waals surface area contributed by atoms with Crippen molar-refractivity contribution in [2.45, 2.75) is 18.9 Å². The number of nitrogens with one attached hydrogen (secondary N) is 2. The third kappa shape index (κ3) is 4.71. The second-order valence-electron chi connectivity index (χ2n) is 4.84. The summed E-state index contributed by atoms with van der Waals surface area (Å²) < 4.78 is 1.09. The fourth-order valence-electron chi connectivity index (χ4n) is 1.96. The van der Waals surface area contributed by atoms with E-state index < -0.39 is 18.1 Å². The highest BCUT2D eigenvalue weighted by molar-refractivity contribution is 7.19. The van der Waals surface area contributed by atoms with Crippen LogP contribution in [0.3, 0.4) is 0 Å². The van der Waals surface area contributed by atoms with Crippen LogP contribution >= 0.6 is 11.3 Å². The number of amides is 2. The third-order valence-corrected chi connectivity index (χ3v) is 4.30. The lowest BCUT2D eigenvalue weighted by atomic mass is 10.2. The second-order valence-corrected chi connectivity index (χ2v) is 5.95. The van der Waals surface area contributed by atoms with Gasteiger partial charge < -0.3 is 20.8 Å². The molecule has 1 heterocycles. The summed E-state index contributed by atoms with van der Waals surface area (Å²) in [6.45, 7) is 0.398. The van der Waals surface area contributed by atoms with Crippen molar-refractivity contribution in [1.29, 1.82) is 0 Å². The highest BCUT2D eigenvalue weighted by atomic mass is 32.1. The van der Waals surface area contributed by atoms with Crippen molar-refractivity contribution in [3.63, 3.8) is 0 Å². The van der Waals surface area contributed by atoms with Crippen LogP contribution in [-0.4, -0.2) is 35.3 Å². The van der Waals surface area contributed by atoms with Gasteiger partial charge in [-0.3, -0.25) is 4.79 Å². The Kier molecular flexibility index (Phi) is 5.74. The monoisotopic (exact) mass is 322 g/mol. The molecule has 0 saturated carbocycles. The molecule has 2 rings (SSSR count). The number of urea groups is 1. The number of carbonyl (C=O) groups excluding carboxylic acids is 1. The molecule has 0 aliphatic carbocycles. The van der Waals surface area contributed by atoms with Crippen LogP contribution in [0.25, 0.3) is 10.1 Å². The molecule has 118 valence electrons. The van der Waals surface area contributed by atoms with Crippen molar-refractivity contribution in [3.05, 3.63) is 35.2 Å². The molecule has 0 aliphatic heterocycles. The number of hydrogen-bond donors (Lipinski definition) is 4. The Bertz CT molecular complexity index is 623. The number of hydrogen-bond acceptors (Lipinski definition) is 4. The average Bonchev–Trinajstić information content (AvgIpc) is 2.93. The van der Waals surface area contributed by atoms with Gasteiger partial charge in [-0.25, -0.2) is 4.79 Å². The first-order valence-electron chi connectivity index (χ1n) is 6.96. The van der Waals surface area contributed by atoms with Crippen LogP contribution in [0.4, 0.5) is 4.79 Å². The van der Waals surface area contributed by atoms with Crippen LogP contribution in [0.15, 0.2) is 30.3 Å². The smallest absolute Gasteiger partial charge is 0.314 e. The molecule has 2 aromatic rings. The molecule has 1 atom stereocenters. The summed E-state index contributed by atoms with van der Waals surface area (Å²) in [6, 6.07) is 9.34. The molecule has 2 amide bonds. The van der Waals surface area contributed by atoms with E-state index >= 15 is 0 Å². The SMILES string of the molecule is O=C(O)CCCNC(=O)NCC(O)c1cc2ccccc2s1. The van der Waals surface area contributed by atoms with Gasteiger partial charge in [0.25, 0.3) is 0 Å². The van der Waals surface area contributed by atoms with Crippen LogP contribution in [-0.2, 0) is 4.79 Å². The number of rotatable bonds is 7. The summed E-state index contributed by atoms with van der Waals surface area (Å²) in [6.07, 6.45) is -0.367. The van der Waals surface area contributed by atoms with Gasteiger partial charge in [0, 0.05) is 22.5 Å². The Labute approximate surface area is 131 Å². The zero-order valence-electron chi connectivity index (χ0n) is 11.9. The standard InChI is InChI=1S/C15H18N2O4S/c18-11(9-17-15(21)16-7-3-6-14(19)20)13-8-10-4-1-2-5-12(10)22-13/h1-2,4-5,8,11,18H,3,6-7,9H2,(H,19,20)(H2,16,17,21). The predicted octanol–water partition coefficient (Wildman–Crippen LogP) is 2.10. The minimum Gasteiger partial charge on any atom is -0.481 e. The van der Waals surface area contributed by atoms with E-state index in [1.54, 1.807) is 0 Å². The van der Waals surface area contributed by atoms with Crippen molar-refractivity contribution >= 4 is 33.4 Å². The van der Waals surface area contributed by atoms with E-state index in [-0.39, 0.29) is 19.5 Å². The number of thiophene rings is 1. The first-order chi connectivity index (χ1) is 10.6. The van der Waals surface area contributed by atoms with E-state index in [0.717, 1.165) is 15.0 Å². The van der Waals surface area contributed by atoms with E-state index in [4.69, 9.17) is 5.11 Å².